The van der Waals surface area contributed by atoms with E-state index in [1.165, 1.54) is 31.6 Å². The van der Waals surface area contributed by atoms with Crippen molar-refractivity contribution in [1.82, 2.24) is 9.97 Å². The molecular formula is C20H17N3O4S2. The number of nitrogens with zero attached hydrogens (tertiary/aromatic N) is 2. The monoisotopic (exact) mass is 427 g/mol. The van der Waals surface area contributed by atoms with Crippen molar-refractivity contribution in [3.63, 3.8) is 0 Å². The van der Waals surface area contributed by atoms with Crippen LogP contribution < -0.4 is 14.2 Å². The first-order chi connectivity index (χ1) is 14.0. The number of benzene rings is 2. The van der Waals surface area contributed by atoms with Crippen LogP contribution in [0.15, 0.2) is 65.7 Å². The number of fused-ring (bicyclic) bond motifs is 1. The van der Waals surface area contributed by atoms with Crippen LogP contribution >= 0.6 is 11.3 Å². The molecule has 0 atom stereocenters. The van der Waals surface area contributed by atoms with Gasteiger partial charge in [0.15, 0.2) is 0 Å². The number of pyridine rings is 1. The second kappa shape index (κ2) is 7.69. The van der Waals surface area contributed by atoms with Gasteiger partial charge in [0.05, 0.1) is 14.2 Å². The fourth-order valence-electron chi connectivity index (χ4n) is 2.78. The first-order valence-electron chi connectivity index (χ1n) is 8.57. The summed E-state index contributed by atoms with van der Waals surface area (Å²) in [6.45, 7) is 0. The molecule has 2 aromatic carbocycles. The maximum Gasteiger partial charge on any atom is 0.265 e. The smallest absolute Gasteiger partial charge is 0.265 e. The number of nitrogens with one attached hydrogen (secondary N) is 1. The van der Waals surface area contributed by atoms with E-state index in [0.717, 1.165) is 20.9 Å². The number of ether oxygens (including phenoxy) is 2. The minimum atomic E-state index is -3.86. The fraction of sp³-hybridized carbons (Fsp3) is 0.100. The zero-order valence-electron chi connectivity index (χ0n) is 15.6. The van der Waals surface area contributed by atoms with Gasteiger partial charge in [-0.1, -0.05) is 11.3 Å². The van der Waals surface area contributed by atoms with E-state index in [4.69, 9.17) is 9.47 Å². The lowest BCUT2D eigenvalue weighted by molar-refractivity contribution is 0.392. The van der Waals surface area contributed by atoms with Gasteiger partial charge in [0, 0.05) is 23.5 Å². The van der Waals surface area contributed by atoms with Crippen molar-refractivity contribution >= 4 is 37.4 Å². The Kier molecular flexibility index (Phi) is 5.08. The summed E-state index contributed by atoms with van der Waals surface area (Å²) in [5.41, 5.74) is 2.15. The maximum absolute atomic E-state index is 12.9. The number of anilines is 1. The lowest BCUT2D eigenvalue weighted by Crippen LogP contribution is -2.14. The molecule has 0 radical (unpaired) electrons. The Bertz CT molecular complexity index is 1240. The summed E-state index contributed by atoms with van der Waals surface area (Å²) in [5, 5.41) is 0.822. The van der Waals surface area contributed by atoms with Gasteiger partial charge < -0.3 is 9.47 Å². The van der Waals surface area contributed by atoms with Crippen LogP contribution in [0, 0.1) is 0 Å². The molecule has 0 amide bonds. The van der Waals surface area contributed by atoms with Gasteiger partial charge in [-0.2, -0.15) is 0 Å². The summed E-state index contributed by atoms with van der Waals surface area (Å²) in [4.78, 5) is 9.72. The van der Waals surface area contributed by atoms with Crippen molar-refractivity contribution in [1.29, 1.82) is 0 Å². The predicted octanol–water partition coefficient (Wildman–Crippen LogP) is 4.18. The van der Waals surface area contributed by atoms with E-state index in [9.17, 15) is 8.42 Å². The summed E-state index contributed by atoms with van der Waals surface area (Å²) < 4.78 is 38.6. The molecule has 0 aliphatic rings. The molecule has 7 nitrogen and oxygen atoms in total. The number of hydrogen-bond acceptors (Lipinski definition) is 7. The van der Waals surface area contributed by atoms with Gasteiger partial charge >= 0.3 is 0 Å². The van der Waals surface area contributed by atoms with E-state index in [-0.39, 0.29) is 10.6 Å². The van der Waals surface area contributed by atoms with E-state index in [0.29, 0.717) is 11.4 Å². The molecule has 1 N–H and O–H groups in total. The van der Waals surface area contributed by atoms with Gasteiger partial charge in [-0.05, 0) is 48.5 Å². The van der Waals surface area contributed by atoms with Crippen molar-refractivity contribution in [2.24, 2.45) is 0 Å². The highest BCUT2D eigenvalue weighted by Gasteiger charge is 2.21. The summed E-state index contributed by atoms with van der Waals surface area (Å²) in [5.74, 6) is 0.655. The predicted molar refractivity (Wildman–Crippen MR) is 113 cm³/mol. The second-order valence-corrected chi connectivity index (χ2v) is 8.67. The Balaban J connectivity index is 1.61. The van der Waals surface area contributed by atoms with Gasteiger partial charge in [-0.25, -0.2) is 18.4 Å². The third kappa shape index (κ3) is 3.87. The van der Waals surface area contributed by atoms with Crippen LogP contribution in [-0.2, 0) is 10.0 Å². The molecule has 0 saturated heterocycles. The molecule has 4 aromatic rings. The first-order valence-corrected chi connectivity index (χ1v) is 10.9. The molecule has 29 heavy (non-hydrogen) atoms. The Hall–Kier alpha value is -3.17. The van der Waals surface area contributed by atoms with Crippen LogP contribution in [0.3, 0.4) is 0 Å². The molecule has 2 heterocycles. The lowest BCUT2D eigenvalue weighted by atomic mass is 10.2. The Morgan fingerprint density at radius 2 is 1.79 bits per heavy atom. The normalized spacial score (nSPS) is 11.4. The third-order valence-electron chi connectivity index (χ3n) is 4.21. The molecule has 0 aliphatic carbocycles. The van der Waals surface area contributed by atoms with E-state index in [1.54, 1.807) is 30.5 Å². The van der Waals surface area contributed by atoms with E-state index in [1.807, 2.05) is 24.3 Å². The van der Waals surface area contributed by atoms with Crippen molar-refractivity contribution in [2.45, 2.75) is 4.90 Å². The standard InChI is InChI=1S/C20H17N3O4S2/c1-26-15-9-10-17(27-2)18(12-15)29(24,25)23-14-7-5-13(6-8-14)19-22-16-4-3-11-21-20(16)28-19/h3-12,23H,1-2H3. The third-order valence-corrected chi connectivity index (χ3v) is 6.64. The topological polar surface area (TPSA) is 90.4 Å². The van der Waals surface area contributed by atoms with Gasteiger partial charge in [-0.3, -0.25) is 4.72 Å². The van der Waals surface area contributed by atoms with Crippen molar-refractivity contribution in [2.75, 3.05) is 18.9 Å². The van der Waals surface area contributed by atoms with E-state index in [2.05, 4.69) is 14.7 Å². The van der Waals surface area contributed by atoms with Gasteiger partial charge in [-0.15, -0.1) is 0 Å². The van der Waals surface area contributed by atoms with Crippen LogP contribution in [0.2, 0.25) is 0 Å². The van der Waals surface area contributed by atoms with Crippen LogP contribution in [0.5, 0.6) is 11.5 Å². The van der Waals surface area contributed by atoms with Gasteiger partial charge in [0.2, 0.25) is 0 Å². The molecule has 0 unspecified atom stereocenters. The van der Waals surface area contributed by atoms with Gasteiger partial charge in [0.25, 0.3) is 10.0 Å². The van der Waals surface area contributed by atoms with E-state index >= 15 is 0 Å². The summed E-state index contributed by atoms with van der Waals surface area (Å²) in [6, 6.07) is 15.4. The van der Waals surface area contributed by atoms with Crippen LogP contribution in [0.4, 0.5) is 5.69 Å². The van der Waals surface area contributed by atoms with E-state index < -0.39 is 10.0 Å². The first kappa shape index (κ1) is 19.2. The highest BCUT2D eigenvalue weighted by atomic mass is 32.2. The number of thiazole rings is 1. The van der Waals surface area contributed by atoms with Crippen LogP contribution in [0.25, 0.3) is 20.9 Å². The molecule has 0 fully saturated rings. The molecular weight excluding hydrogens is 410 g/mol. The number of rotatable bonds is 6. The minimum Gasteiger partial charge on any atom is -0.497 e. The molecule has 0 bridgehead atoms. The average Bonchev–Trinajstić information content (AvgIpc) is 3.17. The fourth-order valence-corrected chi connectivity index (χ4v) is 4.94. The highest BCUT2D eigenvalue weighted by Crippen LogP contribution is 2.32. The lowest BCUT2D eigenvalue weighted by Gasteiger charge is -2.13. The molecule has 0 saturated carbocycles. The molecule has 2 aromatic heterocycles. The maximum atomic E-state index is 12.9. The molecule has 148 valence electrons. The van der Waals surface area contributed by atoms with Crippen LogP contribution in [-0.4, -0.2) is 32.6 Å². The van der Waals surface area contributed by atoms with Crippen molar-refractivity contribution < 1.29 is 17.9 Å². The molecule has 0 spiro atoms. The zero-order chi connectivity index (χ0) is 20.4. The van der Waals surface area contributed by atoms with Gasteiger partial charge in [0.1, 0.15) is 31.7 Å². The molecule has 9 heteroatoms. The second-order valence-electron chi connectivity index (χ2n) is 6.05. The van der Waals surface area contributed by atoms with Crippen LogP contribution in [0.1, 0.15) is 0 Å². The Labute approximate surface area is 172 Å². The highest BCUT2D eigenvalue weighted by molar-refractivity contribution is 7.92. The quantitative estimate of drug-likeness (QED) is 0.497. The molecule has 0 aliphatic heterocycles. The SMILES string of the molecule is COc1ccc(OC)c(S(=O)(=O)Nc2ccc(-c3nc4cccnc4s3)cc2)c1. The summed E-state index contributed by atoms with van der Waals surface area (Å²) in [6.07, 6.45) is 1.73. The summed E-state index contributed by atoms with van der Waals surface area (Å²) in [7, 11) is -0.971. The zero-order valence-corrected chi connectivity index (χ0v) is 17.3. The van der Waals surface area contributed by atoms with Crippen molar-refractivity contribution in [3.8, 4) is 22.1 Å². The number of hydrogen-bond donors (Lipinski definition) is 1. The largest absolute Gasteiger partial charge is 0.497 e. The number of aromatic nitrogens is 2. The summed E-state index contributed by atoms with van der Waals surface area (Å²) >= 11 is 1.48. The van der Waals surface area contributed by atoms with Crippen molar-refractivity contribution in [3.05, 3.63) is 60.8 Å². The average molecular weight is 428 g/mol. The molecule has 4 rings (SSSR count). The number of methoxy groups -OCH3 is 2. The minimum absolute atomic E-state index is 0.000624. The number of sulfonamides is 1. The Morgan fingerprint density at radius 3 is 2.48 bits per heavy atom. The Morgan fingerprint density at radius 1 is 1.00 bits per heavy atom.